The minimum atomic E-state index is -0.339. The maximum atomic E-state index is 13.8. The molecule has 144 valence electrons. The summed E-state index contributed by atoms with van der Waals surface area (Å²) in [4.78, 5) is 18.5. The van der Waals surface area contributed by atoms with E-state index in [0.717, 1.165) is 10.3 Å². The standard InChI is InChI=1S/C21H18ClFN2O2S/c22-16-5-2-1-4-14(16)8-9-19(26)25-12-10-15(11-13-25)27-21-24-20-17(23)6-3-7-18(20)28-21/h1-9,15H,10-13H2/b9-8+. The van der Waals surface area contributed by atoms with Gasteiger partial charge in [0.2, 0.25) is 5.91 Å². The van der Waals surface area contributed by atoms with Gasteiger partial charge in [0.1, 0.15) is 17.4 Å². The normalized spacial score (nSPS) is 15.4. The molecule has 1 aliphatic heterocycles. The van der Waals surface area contributed by atoms with Crippen molar-refractivity contribution in [2.24, 2.45) is 0 Å². The van der Waals surface area contributed by atoms with Gasteiger partial charge in [0.05, 0.1) is 4.70 Å². The van der Waals surface area contributed by atoms with Crippen LogP contribution in [0.4, 0.5) is 4.39 Å². The van der Waals surface area contributed by atoms with Crippen molar-refractivity contribution in [3.63, 3.8) is 0 Å². The number of hydrogen-bond donors (Lipinski definition) is 0. The third-order valence-corrected chi connectivity index (χ3v) is 5.94. The van der Waals surface area contributed by atoms with Crippen LogP contribution >= 0.6 is 22.9 Å². The van der Waals surface area contributed by atoms with Gasteiger partial charge >= 0.3 is 0 Å². The lowest BCUT2D eigenvalue weighted by Gasteiger charge is -2.30. The largest absolute Gasteiger partial charge is 0.467 e. The second kappa shape index (κ2) is 8.29. The highest BCUT2D eigenvalue weighted by atomic mass is 35.5. The molecule has 4 rings (SSSR count). The number of nitrogens with zero attached hydrogens (tertiary/aromatic N) is 2. The molecule has 0 bridgehead atoms. The molecule has 3 aromatic rings. The highest BCUT2D eigenvalue weighted by Crippen LogP contribution is 2.31. The minimum Gasteiger partial charge on any atom is -0.467 e. The van der Waals surface area contributed by atoms with Crippen molar-refractivity contribution < 1.29 is 13.9 Å². The van der Waals surface area contributed by atoms with Crippen LogP contribution in [0.5, 0.6) is 5.19 Å². The van der Waals surface area contributed by atoms with E-state index in [-0.39, 0.29) is 17.8 Å². The van der Waals surface area contributed by atoms with E-state index < -0.39 is 0 Å². The van der Waals surface area contributed by atoms with Gasteiger partial charge in [-0.2, -0.15) is 4.98 Å². The SMILES string of the molecule is O=C(/C=C/c1ccccc1Cl)N1CCC(Oc2nc3c(F)cccc3s2)CC1. The van der Waals surface area contributed by atoms with Gasteiger partial charge in [-0.25, -0.2) is 4.39 Å². The number of thiazole rings is 1. The molecule has 1 fully saturated rings. The number of amides is 1. The predicted octanol–water partition coefficient (Wildman–Crippen LogP) is 5.17. The Labute approximate surface area is 171 Å². The van der Waals surface area contributed by atoms with E-state index >= 15 is 0 Å². The highest BCUT2D eigenvalue weighted by Gasteiger charge is 2.24. The molecule has 0 saturated carbocycles. The molecule has 0 atom stereocenters. The summed E-state index contributed by atoms with van der Waals surface area (Å²) in [6, 6.07) is 12.3. The smallest absolute Gasteiger partial charge is 0.274 e. The van der Waals surface area contributed by atoms with Crippen LogP contribution in [0.15, 0.2) is 48.5 Å². The van der Waals surface area contributed by atoms with Gasteiger partial charge in [0.25, 0.3) is 5.19 Å². The molecular formula is C21H18ClFN2O2S. The Hall–Kier alpha value is -2.44. The lowest BCUT2D eigenvalue weighted by molar-refractivity contribution is -0.127. The quantitative estimate of drug-likeness (QED) is 0.551. The first-order chi connectivity index (χ1) is 13.6. The van der Waals surface area contributed by atoms with Crippen LogP contribution in [0.1, 0.15) is 18.4 Å². The number of piperidine rings is 1. The second-order valence-electron chi connectivity index (χ2n) is 6.56. The van der Waals surface area contributed by atoms with Crippen LogP contribution < -0.4 is 4.74 Å². The molecule has 0 radical (unpaired) electrons. The van der Waals surface area contributed by atoms with E-state index in [1.165, 1.54) is 17.4 Å². The molecule has 1 aromatic heterocycles. The Morgan fingerprint density at radius 2 is 2.00 bits per heavy atom. The lowest BCUT2D eigenvalue weighted by atomic mass is 10.1. The number of ether oxygens (including phenoxy) is 1. The summed E-state index contributed by atoms with van der Waals surface area (Å²) in [5.41, 5.74) is 1.17. The van der Waals surface area contributed by atoms with Gasteiger partial charge < -0.3 is 9.64 Å². The van der Waals surface area contributed by atoms with Crippen molar-refractivity contribution in [1.29, 1.82) is 0 Å². The molecule has 0 spiro atoms. The number of hydrogen-bond acceptors (Lipinski definition) is 4. The molecule has 0 aliphatic carbocycles. The zero-order chi connectivity index (χ0) is 19.5. The molecule has 1 aliphatic rings. The van der Waals surface area contributed by atoms with Crippen LogP contribution in [-0.4, -0.2) is 35.0 Å². The number of para-hydroxylation sites is 1. The molecule has 28 heavy (non-hydrogen) atoms. The number of halogens is 2. The van der Waals surface area contributed by atoms with Gasteiger partial charge in [0.15, 0.2) is 0 Å². The Balaban J connectivity index is 1.33. The number of benzene rings is 2. The fourth-order valence-corrected chi connectivity index (χ4v) is 4.25. The van der Waals surface area contributed by atoms with Crippen molar-refractivity contribution in [3.8, 4) is 5.19 Å². The number of carbonyl (C=O) groups excluding carboxylic acids is 1. The van der Waals surface area contributed by atoms with Crippen molar-refractivity contribution >= 4 is 45.1 Å². The summed E-state index contributed by atoms with van der Waals surface area (Å²) in [6.45, 7) is 1.21. The van der Waals surface area contributed by atoms with Crippen molar-refractivity contribution in [3.05, 3.63) is 64.9 Å². The van der Waals surface area contributed by atoms with Gasteiger partial charge in [-0.1, -0.05) is 47.2 Å². The summed E-state index contributed by atoms with van der Waals surface area (Å²) in [6.07, 6.45) is 4.69. The molecule has 0 unspecified atom stereocenters. The van der Waals surface area contributed by atoms with E-state index in [2.05, 4.69) is 4.98 Å². The van der Waals surface area contributed by atoms with Crippen molar-refractivity contribution in [1.82, 2.24) is 9.88 Å². The number of likely N-dealkylation sites (tertiary alicyclic amines) is 1. The Kier molecular flexibility index (Phi) is 5.59. The van der Waals surface area contributed by atoms with E-state index in [1.807, 2.05) is 24.3 Å². The molecule has 0 N–H and O–H groups in total. The second-order valence-corrected chi connectivity index (χ2v) is 7.96. The fraction of sp³-hybridized carbons (Fsp3) is 0.238. The number of rotatable bonds is 4. The molecule has 2 aromatic carbocycles. The van der Waals surface area contributed by atoms with Gasteiger partial charge in [-0.15, -0.1) is 0 Å². The zero-order valence-corrected chi connectivity index (χ0v) is 16.5. The summed E-state index contributed by atoms with van der Waals surface area (Å²) < 4.78 is 20.5. The van der Waals surface area contributed by atoms with Crippen LogP contribution in [0.2, 0.25) is 5.02 Å². The molecule has 7 heteroatoms. The lowest BCUT2D eigenvalue weighted by Crippen LogP contribution is -2.41. The number of carbonyl (C=O) groups is 1. The Morgan fingerprint density at radius 1 is 1.21 bits per heavy atom. The zero-order valence-electron chi connectivity index (χ0n) is 15.0. The summed E-state index contributed by atoms with van der Waals surface area (Å²) in [5.74, 6) is -0.380. The first kappa shape index (κ1) is 18.9. The molecule has 4 nitrogen and oxygen atoms in total. The minimum absolute atomic E-state index is 0.0276. The van der Waals surface area contributed by atoms with Crippen LogP contribution in [-0.2, 0) is 4.79 Å². The maximum Gasteiger partial charge on any atom is 0.274 e. The van der Waals surface area contributed by atoms with Gasteiger partial charge in [0, 0.05) is 37.0 Å². The molecule has 1 amide bonds. The number of aromatic nitrogens is 1. The first-order valence-corrected chi connectivity index (χ1v) is 10.2. The fourth-order valence-electron chi connectivity index (χ4n) is 3.16. The Morgan fingerprint density at radius 3 is 2.75 bits per heavy atom. The third kappa shape index (κ3) is 4.18. The van der Waals surface area contributed by atoms with Crippen molar-refractivity contribution in [2.45, 2.75) is 18.9 Å². The van der Waals surface area contributed by atoms with Crippen LogP contribution in [0.25, 0.3) is 16.3 Å². The monoisotopic (exact) mass is 416 g/mol. The van der Waals surface area contributed by atoms with Crippen LogP contribution in [0.3, 0.4) is 0 Å². The van der Waals surface area contributed by atoms with Gasteiger partial charge in [-0.3, -0.25) is 4.79 Å². The summed E-state index contributed by atoms with van der Waals surface area (Å²) in [7, 11) is 0. The Bertz CT molecular complexity index is 1030. The number of fused-ring (bicyclic) bond motifs is 1. The average Bonchev–Trinajstić information content (AvgIpc) is 3.12. The molecular weight excluding hydrogens is 399 g/mol. The van der Waals surface area contributed by atoms with Gasteiger partial charge in [-0.05, 0) is 29.8 Å². The first-order valence-electron chi connectivity index (χ1n) is 9.03. The summed E-state index contributed by atoms with van der Waals surface area (Å²) in [5, 5.41) is 1.09. The molecule has 1 saturated heterocycles. The van der Waals surface area contributed by atoms with Crippen LogP contribution in [0, 0.1) is 5.82 Å². The average molecular weight is 417 g/mol. The van der Waals surface area contributed by atoms with E-state index in [0.29, 0.717) is 41.7 Å². The predicted molar refractivity (Wildman–Crippen MR) is 110 cm³/mol. The topological polar surface area (TPSA) is 42.4 Å². The summed E-state index contributed by atoms with van der Waals surface area (Å²) >= 11 is 7.45. The van der Waals surface area contributed by atoms with E-state index in [4.69, 9.17) is 16.3 Å². The van der Waals surface area contributed by atoms with E-state index in [9.17, 15) is 9.18 Å². The third-order valence-electron chi connectivity index (χ3n) is 4.68. The molecule has 2 heterocycles. The van der Waals surface area contributed by atoms with Crippen molar-refractivity contribution in [2.75, 3.05) is 13.1 Å². The van der Waals surface area contributed by atoms with E-state index in [1.54, 1.807) is 29.2 Å². The maximum absolute atomic E-state index is 13.8. The highest BCUT2D eigenvalue weighted by molar-refractivity contribution is 7.20.